The lowest BCUT2D eigenvalue weighted by atomic mass is 10.2. The van der Waals surface area contributed by atoms with E-state index in [0.29, 0.717) is 15.8 Å². The summed E-state index contributed by atoms with van der Waals surface area (Å²) in [6, 6.07) is 5.04. The Labute approximate surface area is 94.9 Å². The zero-order chi connectivity index (χ0) is 10.6. The molecule has 0 heterocycles. The van der Waals surface area contributed by atoms with Gasteiger partial charge in [0, 0.05) is 4.47 Å². The van der Waals surface area contributed by atoms with Crippen LogP contribution in [0.15, 0.2) is 27.7 Å². The predicted molar refractivity (Wildman–Crippen MR) is 60.1 cm³/mol. The molecule has 0 aromatic heterocycles. The summed E-state index contributed by atoms with van der Waals surface area (Å²) < 4.78 is 5.63. The standard InChI is InChI=1S/C9H6BrNO2S/c1-13-6-2-3-8(10)7(4-6)9(12)11-5-14/h2-4H,1H3. The van der Waals surface area contributed by atoms with Crippen LogP contribution in [-0.2, 0) is 0 Å². The zero-order valence-electron chi connectivity index (χ0n) is 7.28. The van der Waals surface area contributed by atoms with Crippen LogP contribution in [0.1, 0.15) is 10.4 Å². The highest BCUT2D eigenvalue weighted by molar-refractivity contribution is 9.10. The first-order valence-electron chi connectivity index (χ1n) is 3.64. The van der Waals surface area contributed by atoms with Crippen molar-refractivity contribution in [3.63, 3.8) is 0 Å². The Morgan fingerprint density at radius 2 is 2.36 bits per heavy atom. The number of carbonyl (C=O) groups is 1. The van der Waals surface area contributed by atoms with Crippen molar-refractivity contribution in [1.29, 1.82) is 0 Å². The van der Waals surface area contributed by atoms with E-state index in [1.165, 1.54) is 7.11 Å². The maximum atomic E-state index is 11.4. The normalized spacial score (nSPS) is 9.00. The summed E-state index contributed by atoms with van der Waals surface area (Å²) in [4.78, 5) is 14.7. The number of hydrogen-bond acceptors (Lipinski definition) is 3. The number of ether oxygens (including phenoxy) is 1. The summed E-state index contributed by atoms with van der Waals surface area (Å²) in [7, 11) is 1.53. The number of halogens is 1. The highest BCUT2D eigenvalue weighted by Crippen LogP contribution is 2.22. The van der Waals surface area contributed by atoms with E-state index in [0.717, 1.165) is 0 Å². The number of nitrogens with zero attached hydrogens (tertiary/aromatic N) is 1. The van der Waals surface area contributed by atoms with Gasteiger partial charge >= 0.3 is 0 Å². The SMILES string of the molecule is COc1ccc(Br)c(C(=O)N=C=S)c1. The van der Waals surface area contributed by atoms with Crippen LogP contribution in [0.5, 0.6) is 5.75 Å². The van der Waals surface area contributed by atoms with Crippen molar-refractivity contribution in [2.75, 3.05) is 7.11 Å². The largest absolute Gasteiger partial charge is 0.497 e. The average molecular weight is 272 g/mol. The van der Waals surface area contributed by atoms with Gasteiger partial charge < -0.3 is 4.74 Å². The van der Waals surface area contributed by atoms with Crippen molar-refractivity contribution in [2.45, 2.75) is 0 Å². The van der Waals surface area contributed by atoms with Crippen molar-refractivity contribution >= 4 is 39.2 Å². The smallest absolute Gasteiger partial charge is 0.287 e. The van der Waals surface area contributed by atoms with Gasteiger partial charge in [0.1, 0.15) is 5.75 Å². The predicted octanol–water partition coefficient (Wildman–Crippen LogP) is 2.70. The number of thiocarbonyl (C=S) groups is 1. The minimum Gasteiger partial charge on any atom is -0.497 e. The van der Waals surface area contributed by atoms with Gasteiger partial charge in [0.2, 0.25) is 0 Å². The third kappa shape index (κ3) is 2.48. The maximum absolute atomic E-state index is 11.4. The first-order chi connectivity index (χ1) is 6.69. The monoisotopic (exact) mass is 271 g/mol. The fraction of sp³-hybridized carbons (Fsp3) is 0.111. The summed E-state index contributed by atoms with van der Waals surface area (Å²) >= 11 is 7.58. The molecule has 0 aliphatic rings. The molecule has 14 heavy (non-hydrogen) atoms. The molecule has 0 saturated heterocycles. The first-order valence-corrected chi connectivity index (χ1v) is 4.85. The molecular weight excluding hydrogens is 266 g/mol. The van der Waals surface area contributed by atoms with E-state index in [1.54, 1.807) is 18.2 Å². The number of rotatable bonds is 2. The van der Waals surface area contributed by atoms with Crippen LogP contribution in [0.25, 0.3) is 0 Å². The molecule has 0 aliphatic heterocycles. The molecule has 0 radical (unpaired) electrons. The Bertz CT molecular complexity index is 413. The van der Waals surface area contributed by atoms with E-state index in [2.05, 4.69) is 33.1 Å². The Morgan fingerprint density at radius 1 is 1.64 bits per heavy atom. The third-order valence-electron chi connectivity index (χ3n) is 1.55. The van der Waals surface area contributed by atoms with Crippen LogP contribution in [0.4, 0.5) is 0 Å². The fourth-order valence-electron chi connectivity index (χ4n) is 0.897. The molecule has 1 aromatic rings. The minimum absolute atomic E-state index is 0.404. The quantitative estimate of drug-likeness (QED) is 0.613. The van der Waals surface area contributed by atoms with Crippen LogP contribution in [0, 0.1) is 0 Å². The lowest BCUT2D eigenvalue weighted by Gasteiger charge is -2.02. The van der Waals surface area contributed by atoms with E-state index in [1.807, 2.05) is 5.16 Å². The van der Waals surface area contributed by atoms with E-state index in [-0.39, 0.29) is 0 Å². The minimum atomic E-state index is -0.439. The summed E-state index contributed by atoms with van der Waals surface area (Å²) in [5.41, 5.74) is 0.404. The molecule has 0 bridgehead atoms. The van der Waals surface area contributed by atoms with Gasteiger partial charge in [-0.05, 0) is 46.3 Å². The van der Waals surface area contributed by atoms with Gasteiger partial charge in [0.25, 0.3) is 5.91 Å². The van der Waals surface area contributed by atoms with Crippen LogP contribution < -0.4 is 4.74 Å². The van der Waals surface area contributed by atoms with Crippen LogP contribution in [-0.4, -0.2) is 18.2 Å². The molecule has 0 spiro atoms. The first kappa shape index (κ1) is 11.0. The highest BCUT2D eigenvalue weighted by Gasteiger charge is 2.09. The number of hydrogen-bond donors (Lipinski definition) is 0. The van der Waals surface area contributed by atoms with Crippen LogP contribution in [0.3, 0.4) is 0 Å². The number of aliphatic imine (C=N–C) groups is 1. The lowest BCUT2D eigenvalue weighted by molar-refractivity contribution is 0.100. The highest BCUT2D eigenvalue weighted by atomic mass is 79.9. The van der Waals surface area contributed by atoms with Gasteiger partial charge in [0.05, 0.1) is 17.8 Å². The molecule has 3 nitrogen and oxygen atoms in total. The molecule has 0 atom stereocenters. The second-order valence-electron chi connectivity index (χ2n) is 2.35. The van der Waals surface area contributed by atoms with Crippen molar-refractivity contribution < 1.29 is 9.53 Å². The lowest BCUT2D eigenvalue weighted by Crippen LogP contribution is -1.96. The molecule has 1 amide bonds. The van der Waals surface area contributed by atoms with Crippen LogP contribution >= 0.6 is 28.1 Å². The van der Waals surface area contributed by atoms with E-state index in [4.69, 9.17) is 4.74 Å². The summed E-state index contributed by atoms with van der Waals surface area (Å²) in [5.74, 6) is 0.155. The molecule has 1 rings (SSSR count). The number of isothiocyanates is 1. The van der Waals surface area contributed by atoms with E-state index in [9.17, 15) is 4.79 Å². The summed E-state index contributed by atoms with van der Waals surface area (Å²) in [6.07, 6.45) is 0. The Hall–Kier alpha value is -1.03. The molecule has 0 N–H and O–H groups in total. The van der Waals surface area contributed by atoms with Gasteiger partial charge in [-0.25, -0.2) is 0 Å². The number of methoxy groups -OCH3 is 1. The van der Waals surface area contributed by atoms with Crippen LogP contribution in [0.2, 0.25) is 0 Å². The van der Waals surface area contributed by atoms with Gasteiger partial charge in [-0.2, -0.15) is 4.99 Å². The number of carbonyl (C=O) groups excluding carboxylic acids is 1. The average Bonchev–Trinajstić information content (AvgIpc) is 2.19. The Kier molecular flexibility index (Phi) is 3.95. The van der Waals surface area contributed by atoms with E-state index >= 15 is 0 Å². The van der Waals surface area contributed by atoms with Crippen molar-refractivity contribution in [2.24, 2.45) is 4.99 Å². The summed E-state index contributed by atoms with van der Waals surface area (Å²) in [5, 5.41) is 2.03. The summed E-state index contributed by atoms with van der Waals surface area (Å²) in [6.45, 7) is 0. The number of amides is 1. The third-order valence-corrected chi connectivity index (χ3v) is 2.33. The van der Waals surface area contributed by atoms with Crippen molar-refractivity contribution in [3.05, 3.63) is 28.2 Å². The number of benzene rings is 1. The van der Waals surface area contributed by atoms with Crippen molar-refractivity contribution in [1.82, 2.24) is 0 Å². The molecule has 0 aliphatic carbocycles. The maximum Gasteiger partial charge on any atom is 0.287 e. The Morgan fingerprint density at radius 3 is 2.93 bits per heavy atom. The van der Waals surface area contributed by atoms with E-state index < -0.39 is 5.91 Å². The fourth-order valence-corrected chi connectivity index (χ4v) is 1.40. The second kappa shape index (κ2) is 5.00. The van der Waals surface area contributed by atoms with Crippen molar-refractivity contribution in [3.8, 4) is 5.75 Å². The van der Waals surface area contributed by atoms with Gasteiger partial charge in [-0.15, -0.1) is 0 Å². The molecule has 5 heteroatoms. The molecule has 72 valence electrons. The molecule has 0 fully saturated rings. The molecule has 0 saturated carbocycles. The molecule has 1 aromatic carbocycles. The van der Waals surface area contributed by atoms with Gasteiger partial charge in [0.15, 0.2) is 0 Å². The topological polar surface area (TPSA) is 38.7 Å². The van der Waals surface area contributed by atoms with Gasteiger partial charge in [-0.1, -0.05) is 0 Å². The zero-order valence-corrected chi connectivity index (χ0v) is 9.68. The van der Waals surface area contributed by atoms with Gasteiger partial charge in [-0.3, -0.25) is 4.79 Å². The molecule has 0 unspecified atom stereocenters. The Balaban J connectivity index is 3.18. The molecular formula is C9H6BrNO2S. The second-order valence-corrected chi connectivity index (χ2v) is 3.39.